The first-order valence-electron chi connectivity index (χ1n) is 9.34. The van der Waals surface area contributed by atoms with Gasteiger partial charge in [0.15, 0.2) is 0 Å². The third kappa shape index (κ3) is 3.58. The van der Waals surface area contributed by atoms with Gasteiger partial charge in [0.05, 0.1) is 6.54 Å². The van der Waals surface area contributed by atoms with Crippen LogP contribution in [0.2, 0.25) is 0 Å². The van der Waals surface area contributed by atoms with Crippen molar-refractivity contribution in [3.63, 3.8) is 0 Å². The van der Waals surface area contributed by atoms with Crippen molar-refractivity contribution in [3.8, 4) is 0 Å². The Morgan fingerprint density at radius 3 is 2.40 bits per heavy atom. The minimum absolute atomic E-state index is 0.0376. The van der Waals surface area contributed by atoms with Crippen LogP contribution in [0, 0.1) is 11.8 Å². The van der Waals surface area contributed by atoms with E-state index in [-0.39, 0.29) is 36.2 Å². The van der Waals surface area contributed by atoms with Crippen molar-refractivity contribution < 1.29 is 14.4 Å². The molecular formula is C19H31N3O3. The smallest absolute Gasteiger partial charge is 0.325 e. The maximum Gasteiger partial charge on any atom is 0.325 e. The highest BCUT2D eigenvalue weighted by atomic mass is 16.2. The van der Waals surface area contributed by atoms with Gasteiger partial charge in [0.2, 0.25) is 5.91 Å². The van der Waals surface area contributed by atoms with Gasteiger partial charge in [-0.2, -0.15) is 0 Å². The van der Waals surface area contributed by atoms with Gasteiger partial charge in [-0.05, 0) is 38.5 Å². The molecule has 2 aliphatic heterocycles. The molecular weight excluding hydrogens is 318 g/mol. The summed E-state index contributed by atoms with van der Waals surface area (Å²) in [4.78, 5) is 40.9. The number of hydrogen-bond donors (Lipinski definition) is 1. The van der Waals surface area contributed by atoms with Crippen molar-refractivity contribution in [1.82, 2.24) is 15.1 Å². The number of carbonyl (C=O) groups is 3. The summed E-state index contributed by atoms with van der Waals surface area (Å²) in [7, 11) is 0. The van der Waals surface area contributed by atoms with E-state index in [1.807, 2.05) is 32.6 Å². The van der Waals surface area contributed by atoms with Crippen LogP contribution in [-0.2, 0) is 9.59 Å². The summed E-state index contributed by atoms with van der Waals surface area (Å²) in [5.74, 6) is 0.146. The van der Waals surface area contributed by atoms with E-state index in [1.54, 1.807) is 0 Å². The number of imide groups is 1. The maximum atomic E-state index is 13.0. The van der Waals surface area contributed by atoms with Gasteiger partial charge in [-0.1, -0.05) is 32.9 Å². The predicted octanol–water partition coefficient (Wildman–Crippen LogP) is 2.55. The van der Waals surface area contributed by atoms with E-state index >= 15 is 0 Å². The summed E-state index contributed by atoms with van der Waals surface area (Å²) in [6.45, 7) is 13.1. The van der Waals surface area contributed by atoms with Crippen LogP contribution in [0.25, 0.3) is 0 Å². The minimum atomic E-state index is -0.835. The number of likely N-dealkylation sites (tertiary alicyclic amines) is 1. The van der Waals surface area contributed by atoms with E-state index in [1.165, 1.54) is 4.90 Å². The summed E-state index contributed by atoms with van der Waals surface area (Å²) < 4.78 is 0. The number of piperidine rings is 1. The molecule has 0 aromatic rings. The maximum absolute atomic E-state index is 13.0. The molecule has 140 valence electrons. The molecule has 6 heteroatoms. The van der Waals surface area contributed by atoms with Gasteiger partial charge in [0.25, 0.3) is 5.91 Å². The zero-order valence-electron chi connectivity index (χ0n) is 15.9. The highest BCUT2D eigenvalue weighted by Crippen LogP contribution is 2.36. The third-order valence-corrected chi connectivity index (χ3v) is 5.73. The second kappa shape index (κ2) is 7.58. The van der Waals surface area contributed by atoms with Gasteiger partial charge < -0.3 is 10.2 Å². The normalized spacial score (nSPS) is 25.9. The molecule has 0 spiro atoms. The number of carbonyl (C=O) groups excluding carboxylic acids is 3. The lowest BCUT2D eigenvalue weighted by Crippen LogP contribution is -2.56. The van der Waals surface area contributed by atoms with E-state index in [2.05, 4.69) is 11.9 Å². The van der Waals surface area contributed by atoms with E-state index in [0.717, 1.165) is 24.8 Å². The average Bonchev–Trinajstić information content (AvgIpc) is 2.85. The van der Waals surface area contributed by atoms with E-state index in [4.69, 9.17) is 0 Å². The fourth-order valence-corrected chi connectivity index (χ4v) is 3.94. The van der Waals surface area contributed by atoms with Crippen molar-refractivity contribution in [2.45, 2.75) is 58.9 Å². The largest absolute Gasteiger partial charge is 0.342 e. The Morgan fingerprint density at radius 1 is 1.32 bits per heavy atom. The summed E-state index contributed by atoms with van der Waals surface area (Å²) >= 11 is 0. The molecule has 0 bridgehead atoms. The first kappa shape index (κ1) is 19.5. The lowest BCUT2D eigenvalue weighted by molar-refractivity contribution is -0.138. The molecule has 0 unspecified atom stereocenters. The molecule has 4 amide bonds. The Balaban J connectivity index is 2.10. The van der Waals surface area contributed by atoms with Crippen LogP contribution in [0.3, 0.4) is 0 Å². The fraction of sp³-hybridized carbons (Fsp3) is 0.737. The molecule has 6 nitrogen and oxygen atoms in total. The molecule has 2 rings (SSSR count). The molecule has 25 heavy (non-hydrogen) atoms. The molecule has 2 heterocycles. The van der Waals surface area contributed by atoms with Crippen molar-refractivity contribution >= 4 is 17.8 Å². The lowest BCUT2D eigenvalue weighted by Gasteiger charge is -2.41. The number of urea groups is 1. The average molecular weight is 349 g/mol. The van der Waals surface area contributed by atoms with Gasteiger partial charge in [0, 0.05) is 19.0 Å². The molecule has 2 saturated heterocycles. The molecule has 2 fully saturated rings. The monoisotopic (exact) mass is 349 g/mol. The van der Waals surface area contributed by atoms with Gasteiger partial charge >= 0.3 is 6.03 Å². The van der Waals surface area contributed by atoms with E-state index in [9.17, 15) is 14.4 Å². The lowest BCUT2D eigenvalue weighted by atomic mass is 9.75. The first-order chi connectivity index (χ1) is 11.8. The van der Waals surface area contributed by atoms with Crippen molar-refractivity contribution in [2.75, 3.05) is 19.6 Å². The van der Waals surface area contributed by atoms with Gasteiger partial charge in [-0.3, -0.25) is 14.5 Å². The van der Waals surface area contributed by atoms with Gasteiger partial charge in [-0.15, -0.1) is 0 Å². The quantitative estimate of drug-likeness (QED) is 0.592. The summed E-state index contributed by atoms with van der Waals surface area (Å²) in [5, 5.41) is 2.96. The molecule has 0 aliphatic carbocycles. The SMILES string of the molecule is C=C(C)CN1C(=O)N[C@](CC)(C2CCN(C(=O)[C@@H](C)CC)CC2)C1=O. The predicted molar refractivity (Wildman–Crippen MR) is 96.8 cm³/mol. The Kier molecular flexibility index (Phi) is 5.91. The number of amides is 4. The second-order valence-corrected chi connectivity index (χ2v) is 7.51. The van der Waals surface area contributed by atoms with Crippen molar-refractivity contribution in [2.24, 2.45) is 11.8 Å². The standard InChI is InChI=1S/C19H31N3O3/c1-6-14(5)16(23)21-10-8-15(9-11-21)19(7-2)17(24)22(12-13(3)4)18(25)20-19/h14-15H,3,6-12H2,1-2,4-5H3,(H,20,25)/t14-,19+/m0/s1. The van der Waals surface area contributed by atoms with E-state index < -0.39 is 5.54 Å². The van der Waals surface area contributed by atoms with Gasteiger partial charge in [0.1, 0.15) is 5.54 Å². The Morgan fingerprint density at radius 2 is 1.92 bits per heavy atom. The summed E-state index contributed by atoms with van der Waals surface area (Å²) in [5.41, 5.74) is -0.0534. The van der Waals surface area contributed by atoms with Crippen LogP contribution < -0.4 is 5.32 Å². The zero-order valence-corrected chi connectivity index (χ0v) is 15.9. The molecule has 2 atom stereocenters. The molecule has 0 aromatic heterocycles. The highest BCUT2D eigenvalue weighted by molar-refractivity contribution is 6.07. The number of hydrogen-bond acceptors (Lipinski definition) is 3. The molecule has 0 saturated carbocycles. The number of nitrogens with one attached hydrogen (secondary N) is 1. The molecule has 0 radical (unpaired) electrons. The zero-order chi connectivity index (χ0) is 18.8. The minimum Gasteiger partial charge on any atom is -0.342 e. The first-order valence-corrected chi connectivity index (χ1v) is 9.34. The topological polar surface area (TPSA) is 69.7 Å². The van der Waals surface area contributed by atoms with Crippen LogP contribution >= 0.6 is 0 Å². The van der Waals surface area contributed by atoms with E-state index in [0.29, 0.717) is 19.5 Å². The van der Waals surface area contributed by atoms with Crippen LogP contribution in [0.4, 0.5) is 4.79 Å². The molecule has 0 aromatic carbocycles. The Hall–Kier alpha value is -1.85. The Labute approximate surface area is 150 Å². The van der Waals surface area contributed by atoms with Crippen LogP contribution in [-0.4, -0.2) is 52.8 Å². The highest BCUT2D eigenvalue weighted by Gasteiger charge is 2.54. The van der Waals surface area contributed by atoms with Crippen LogP contribution in [0.15, 0.2) is 12.2 Å². The molecule has 1 N–H and O–H groups in total. The number of rotatable bonds is 6. The fourth-order valence-electron chi connectivity index (χ4n) is 3.94. The second-order valence-electron chi connectivity index (χ2n) is 7.51. The van der Waals surface area contributed by atoms with Crippen LogP contribution in [0.5, 0.6) is 0 Å². The molecule has 2 aliphatic rings. The van der Waals surface area contributed by atoms with Crippen molar-refractivity contribution in [1.29, 1.82) is 0 Å². The third-order valence-electron chi connectivity index (χ3n) is 5.73. The van der Waals surface area contributed by atoms with Crippen LogP contribution in [0.1, 0.15) is 53.4 Å². The van der Waals surface area contributed by atoms with Gasteiger partial charge in [-0.25, -0.2) is 4.79 Å². The Bertz CT molecular complexity index is 566. The summed E-state index contributed by atoms with van der Waals surface area (Å²) in [6.07, 6.45) is 2.88. The summed E-state index contributed by atoms with van der Waals surface area (Å²) in [6, 6.07) is -0.326. The number of nitrogens with zero attached hydrogens (tertiary/aromatic N) is 2. The van der Waals surface area contributed by atoms with Crippen molar-refractivity contribution in [3.05, 3.63) is 12.2 Å².